The number of nitrogens with two attached hydrogens (primary N) is 2. The number of hydrogen-bond donors (Lipinski definition) is 2. The molecule has 16 heteroatoms. The van der Waals surface area contributed by atoms with Crippen LogP contribution in [0.2, 0.25) is 0 Å². The van der Waals surface area contributed by atoms with E-state index in [4.69, 9.17) is 11.5 Å². The number of aromatic nitrogens is 4. The van der Waals surface area contributed by atoms with Crippen LogP contribution in [0, 0.1) is 23.3 Å². The summed E-state index contributed by atoms with van der Waals surface area (Å²) in [6.45, 7) is 0.161. The molecule has 0 radical (unpaired) electrons. The van der Waals surface area contributed by atoms with E-state index in [-0.39, 0.29) is 48.7 Å². The molecule has 4 aromatic carbocycles. The first kappa shape index (κ1) is 37.8. The molecular formula is C36H28F10N6. The summed E-state index contributed by atoms with van der Waals surface area (Å²) in [6.07, 6.45) is -6.13. The third-order valence-electron chi connectivity index (χ3n) is 7.87. The molecule has 6 rings (SSSR count). The lowest BCUT2D eigenvalue weighted by Gasteiger charge is -2.11. The lowest BCUT2D eigenvalue weighted by Crippen LogP contribution is -2.10. The quantitative estimate of drug-likeness (QED) is 0.153. The molecule has 0 bridgehead atoms. The molecule has 0 saturated carbocycles. The minimum Gasteiger partial charge on any atom is -0.328 e. The number of rotatable bonds is 8. The maximum absolute atomic E-state index is 14.0. The summed E-state index contributed by atoms with van der Waals surface area (Å²) in [5, 5.41) is 0. The smallest absolute Gasteiger partial charge is 0.328 e. The van der Waals surface area contributed by atoms with Crippen molar-refractivity contribution >= 4 is 0 Å². The Hall–Kier alpha value is -5.48. The van der Waals surface area contributed by atoms with Gasteiger partial charge in [-0.1, -0.05) is 24.3 Å². The van der Waals surface area contributed by atoms with E-state index in [0.717, 1.165) is 48.5 Å². The van der Waals surface area contributed by atoms with E-state index in [1.165, 1.54) is 36.9 Å². The Morgan fingerprint density at radius 3 is 1.23 bits per heavy atom. The molecule has 0 aliphatic carbocycles. The first-order valence-corrected chi connectivity index (χ1v) is 15.3. The predicted molar refractivity (Wildman–Crippen MR) is 172 cm³/mol. The second-order valence-electron chi connectivity index (χ2n) is 11.4. The van der Waals surface area contributed by atoms with Crippen LogP contribution in [0.3, 0.4) is 0 Å². The van der Waals surface area contributed by atoms with Crippen molar-refractivity contribution in [2.24, 2.45) is 11.5 Å². The van der Waals surface area contributed by atoms with Crippen molar-refractivity contribution in [3.8, 4) is 22.5 Å². The summed E-state index contributed by atoms with van der Waals surface area (Å²) >= 11 is 0. The number of hydrogen-bond acceptors (Lipinski definition) is 4. The standard InChI is InChI=1S/2C18H14F5N3/c2*19-13-4-5-14(15(20)7-13)17-16(8-24)26(10-25-17)9-11-2-1-3-12(6-11)18(21,22)23/h2*1-7,10H,8-9,24H2. The van der Waals surface area contributed by atoms with Gasteiger partial charge in [-0.15, -0.1) is 0 Å². The van der Waals surface area contributed by atoms with Crippen LogP contribution in [0.5, 0.6) is 0 Å². The fraction of sp³-hybridized carbons (Fsp3) is 0.167. The Kier molecular flexibility index (Phi) is 11.2. The molecule has 6 nitrogen and oxygen atoms in total. The van der Waals surface area contributed by atoms with Gasteiger partial charge in [0, 0.05) is 49.4 Å². The molecule has 2 aromatic heterocycles. The number of alkyl halides is 6. The van der Waals surface area contributed by atoms with Gasteiger partial charge in [0.2, 0.25) is 0 Å². The summed E-state index contributed by atoms with van der Waals surface area (Å²) in [5.41, 5.74) is 12.2. The molecule has 0 fully saturated rings. The molecule has 52 heavy (non-hydrogen) atoms. The Bertz CT molecular complexity index is 2010. The Morgan fingerprint density at radius 1 is 0.519 bits per heavy atom. The first-order valence-electron chi connectivity index (χ1n) is 15.3. The van der Waals surface area contributed by atoms with Gasteiger partial charge in [0.15, 0.2) is 0 Å². The summed E-state index contributed by atoms with van der Waals surface area (Å²) in [7, 11) is 0. The molecule has 0 amide bonds. The van der Waals surface area contributed by atoms with E-state index < -0.39 is 46.7 Å². The van der Waals surface area contributed by atoms with Gasteiger partial charge in [0.05, 0.1) is 46.6 Å². The van der Waals surface area contributed by atoms with Gasteiger partial charge in [-0.05, 0) is 59.7 Å². The van der Waals surface area contributed by atoms with Crippen LogP contribution in [0.4, 0.5) is 43.9 Å². The molecule has 0 unspecified atom stereocenters. The highest BCUT2D eigenvalue weighted by atomic mass is 19.4. The number of nitrogens with zero attached hydrogens (tertiary/aromatic N) is 4. The third-order valence-corrected chi connectivity index (χ3v) is 7.87. The molecule has 0 atom stereocenters. The molecule has 0 spiro atoms. The van der Waals surface area contributed by atoms with E-state index >= 15 is 0 Å². The Morgan fingerprint density at radius 2 is 0.904 bits per heavy atom. The van der Waals surface area contributed by atoms with Crippen molar-refractivity contribution in [2.75, 3.05) is 0 Å². The summed E-state index contributed by atoms with van der Waals surface area (Å²) in [5.74, 6) is -3.01. The average Bonchev–Trinajstić information content (AvgIpc) is 3.67. The van der Waals surface area contributed by atoms with Gasteiger partial charge in [0.25, 0.3) is 0 Å². The van der Waals surface area contributed by atoms with Gasteiger partial charge in [0.1, 0.15) is 23.3 Å². The van der Waals surface area contributed by atoms with Gasteiger partial charge >= 0.3 is 12.4 Å². The van der Waals surface area contributed by atoms with Crippen LogP contribution in [0.1, 0.15) is 33.6 Å². The highest BCUT2D eigenvalue weighted by Crippen LogP contribution is 2.32. The Balaban J connectivity index is 0.000000201. The Labute approximate surface area is 290 Å². The fourth-order valence-electron chi connectivity index (χ4n) is 5.41. The number of benzene rings is 4. The van der Waals surface area contributed by atoms with E-state index in [1.54, 1.807) is 21.3 Å². The fourth-order valence-corrected chi connectivity index (χ4v) is 5.41. The summed E-state index contributed by atoms with van der Waals surface area (Å²) in [4.78, 5) is 8.23. The molecule has 0 aliphatic rings. The van der Waals surface area contributed by atoms with Crippen LogP contribution in [0.15, 0.2) is 97.6 Å². The first-order chi connectivity index (χ1) is 24.6. The van der Waals surface area contributed by atoms with Crippen LogP contribution < -0.4 is 11.5 Å². The second-order valence-corrected chi connectivity index (χ2v) is 11.4. The molecule has 0 aliphatic heterocycles. The number of imidazole rings is 2. The van der Waals surface area contributed by atoms with Crippen LogP contribution in [-0.2, 0) is 38.5 Å². The van der Waals surface area contributed by atoms with Crippen molar-refractivity contribution in [2.45, 2.75) is 38.5 Å². The van der Waals surface area contributed by atoms with E-state index in [0.29, 0.717) is 22.5 Å². The second kappa shape index (κ2) is 15.4. The molecular weight excluding hydrogens is 706 g/mol. The highest BCUT2D eigenvalue weighted by molar-refractivity contribution is 5.63. The summed E-state index contributed by atoms with van der Waals surface area (Å²) in [6, 6.07) is 16.0. The van der Waals surface area contributed by atoms with Gasteiger partial charge < -0.3 is 20.6 Å². The minimum atomic E-state index is -4.44. The minimum absolute atomic E-state index is 0.00882. The van der Waals surface area contributed by atoms with Gasteiger partial charge in [-0.2, -0.15) is 26.3 Å². The van der Waals surface area contributed by atoms with E-state index in [9.17, 15) is 43.9 Å². The SMILES string of the molecule is NCc1c(-c2ccc(F)cc2F)ncn1Cc1cccc(C(F)(F)F)c1.NCc1c(-c2ccc(F)cc2F)ncn1Cc1cccc(C(F)(F)F)c1. The number of halogens is 10. The lowest BCUT2D eigenvalue weighted by molar-refractivity contribution is -0.138. The predicted octanol–water partition coefficient (Wildman–Crippen LogP) is 8.71. The maximum atomic E-state index is 14.0. The van der Waals surface area contributed by atoms with Crippen LogP contribution >= 0.6 is 0 Å². The van der Waals surface area contributed by atoms with Gasteiger partial charge in [-0.25, -0.2) is 27.5 Å². The maximum Gasteiger partial charge on any atom is 0.416 e. The molecule has 272 valence electrons. The normalized spacial score (nSPS) is 11.8. The molecule has 4 N–H and O–H groups in total. The average molecular weight is 735 g/mol. The lowest BCUT2D eigenvalue weighted by atomic mass is 10.1. The van der Waals surface area contributed by atoms with Crippen LogP contribution in [-0.4, -0.2) is 19.1 Å². The van der Waals surface area contributed by atoms with E-state index in [1.807, 2.05) is 0 Å². The topological polar surface area (TPSA) is 87.7 Å². The molecule has 6 aromatic rings. The van der Waals surface area contributed by atoms with E-state index in [2.05, 4.69) is 9.97 Å². The largest absolute Gasteiger partial charge is 0.416 e. The molecule has 2 heterocycles. The van der Waals surface area contributed by atoms with Crippen molar-refractivity contribution in [3.63, 3.8) is 0 Å². The van der Waals surface area contributed by atoms with Crippen molar-refractivity contribution in [3.05, 3.63) is 154 Å². The van der Waals surface area contributed by atoms with Crippen molar-refractivity contribution in [1.82, 2.24) is 19.1 Å². The zero-order valence-electron chi connectivity index (χ0n) is 26.8. The summed E-state index contributed by atoms with van der Waals surface area (Å²) < 4.78 is 134. The highest BCUT2D eigenvalue weighted by Gasteiger charge is 2.31. The zero-order chi connectivity index (χ0) is 37.8. The zero-order valence-corrected chi connectivity index (χ0v) is 26.8. The monoisotopic (exact) mass is 734 g/mol. The third kappa shape index (κ3) is 8.69. The van der Waals surface area contributed by atoms with Gasteiger partial charge in [-0.3, -0.25) is 0 Å². The van der Waals surface area contributed by atoms with Crippen LogP contribution in [0.25, 0.3) is 22.5 Å². The van der Waals surface area contributed by atoms with Crippen molar-refractivity contribution < 1.29 is 43.9 Å². The molecule has 0 saturated heterocycles. The van der Waals surface area contributed by atoms with Crippen molar-refractivity contribution in [1.29, 1.82) is 0 Å².